The molecule has 62 heavy (non-hydrogen) atoms. The molecule has 2 heteroatoms. The molecule has 0 atom stereocenters. The summed E-state index contributed by atoms with van der Waals surface area (Å²) in [5.41, 5.74) is 22.4. The van der Waals surface area contributed by atoms with Gasteiger partial charge in [0.2, 0.25) is 0 Å². The third-order valence-corrected chi connectivity index (χ3v) is 14.0. The predicted octanol–water partition coefficient (Wildman–Crippen LogP) is 16.2. The fourth-order valence-electron chi connectivity index (χ4n) is 10.9. The molecule has 0 amide bonds. The molecule has 2 nitrogen and oxygen atoms in total. The van der Waals surface area contributed by atoms with Crippen LogP contribution in [0.25, 0.3) is 72.0 Å². The Hall–Kier alpha value is -7.42. The van der Waals surface area contributed by atoms with Crippen LogP contribution in [0.1, 0.15) is 49.9 Å². The van der Waals surface area contributed by atoms with Crippen molar-refractivity contribution in [3.05, 3.63) is 229 Å². The summed E-state index contributed by atoms with van der Waals surface area (Å²) in [7, 11) is 0. The van der Waals surface area contributed by atoms with Crippen molar-refractivity contribution in [2.45, 2.75) is 38.5 Å². The molecule has 0 radical (unpaired) electrons. The van der Waals surface area contributed by atoms with Gasteiger partial charge in [0.1, 0.15) is 0 Å². The number of benzene rings is 9. The molecule has 0 fully saturated rings. The van der Waals surface area contributed by atoms with Crippen LogP contribution in [0, 0.1) is 0 Å². The molecule has 0 spiro atoms. The Bertz CT molecular complexity index is 3400. The number of nitrogens with zero attached hydrogens (tertiary/aromatic N) is 2. The van der Waals surface area contributed by atoms with E-state index in [2.05, 4.69) is 243 Å². The lowest BCUT2D eigenvalue weighted by Crippen LogP contribution is -2.16. The van der Waals surface area contributed by atoms with E-state index in [0.717, 1.165) is 11.4 Å². The molecular formula is C60H46N2. The smallest absolute Gasteiger partial charge is 0.0543 e. The largest absolute Gasteiger partial charge is 0.309 e. The summed E-state index contributed by atoms with van der Waals surface area (Å²) < 4.78 is 2.38. The van der Waals surface area contributed by atoms with E-state index < -0.39 is 0 Å². The zero-order valence-corrected chi connectivity index (χ0v) is 35.5. The van der Waals surface area contributed by atoms with Crippen molar-refractivity contribution in [3.63, 3.8) is 0 Å². The first kappa shape index (κ1) is 36.4. The Morgan fingerprint density at radius 3 is 1.73 bits per heavy atom. The van der Waals surface area contributed by atoms with Crippen LogP contribution in [0.15, 0.2) is 206 Å². The first-order chi connectivity index (χ1) is 30.3. The minimum Gasteiger partial charge on any atom is -0.309 e. The van der Waals surface area contributed by atoms with Crippen LogP contribution in [-0.4, -0.2) is 4.57 Å². The first-order valence-corrected chi connectivity index (χ1v) is 21.9. The topological polar surface area (TPSA) is 8.17 Å². The zero-order chi connectivity index (χ0) is 41.7. The van der Waals surface area contributed by atoms with Gasteiger partial charge < -0.3 is 9.47 Å². The maximum Gasteiger partial charge on any atom is 0.0543 e. The van der Waals surface area contributed by atoms with Crippen LogP contribution in [0.2, 0.25) is 0 Å². The monoisotopic (exact) mass is 794 g/mol. The number of hydrogen-bond donors (Lipinski definition) is 0. The third-order valence-electron chi connectivity index (χ3n) is 14.0. The van der Waals surface area contributed by atoms with Crippen molar-refractivity contribution in [1.82, 2.24) is 4.57 Å². The average molecular weight is 795 g/mol. The van der Waals surface area contributed by atoms with E-state index >= 15 is 0 Å². The Labute approximate surface area is 364 Å². The lowest BCUT2D eigenvalue weighted by molar-refractivity contribution is 0.660. The summed E-state index contributed by atoms with van der Waals surface area (Å²) in [5, 5.41) is 2.51. The molecule has 12 rings (SSSR count). The summed E-state index contributed by atoms with van der Waals surface area (Å²) in [6.07, 6.45) is 0. The van der Waals surface area contributed by atoms with Gasteiger partial charge in [-0.25, -0.2) is 0 Å². The number of anilines is 3. The highest BCUT2D eigenvalue weighted by Crippen LogP contribution is 2.56. The van der Waals surface area contributed by atoms with E-state index in [1.54, 1.807) is 0 Å². The Kier molecular flexibility index (Phi) is 7.96. The van der Waals surface area contributed by atoms with Crippen molar-refractivity contribution in [2.24, 2.45) is 0 Å². The maximum absolute atomic E-state index is 2.51. The summed E-state index contributed by atoms with van der Waals surface area (Å²) in [6.45, 7) is 9.44. The summed E-state index contributed by atoms with van der Waals surface area (Å²) in [5.74, 6) is 0. The molecule has 1 heterocycles. The molecule has 0 aliphatic heterocycles. The molecule has 296 valence electrons. The maximum atomic E-state index is 2.51. The van der Waals surface area contributed by atoms with Crippen molar-refractivity contribution in [2.75, 3.05) is 4.90 Å². The lowest BCUT2D eigenvalue weighted by Gasteiger charge is -2.31. The molecular weight excluding hydrogens is 749 g/mol. The van der Waals surface area contributed by atoms with Crippen molar-refractivity contribution < 1.29 is 0 Å². The fraction of sp³-hybridized carbons (Fsp3) is 0.100. The van der Waals surface area contributed by atoms with Gasteiger partial charge in [-0.1, -0.05) is 173 Å². The van der Waals surface area contributed by atoms with Gasteiger partial charge in [-0.15, -0.1) is 0 Å². The molecule has 0 saturated heterocycles. The number of hydrogen-bond acceptors (Lipinski definition) is 1. The quantitative estimate of drug-likeness (QED) is 0.163. The summed E-state index contributed by atoms with van der Waals surface area (Å²) >= 11 is 0. The van der Waals surface area contributed by atoms with E-state index in [1.165, 1.54) is 99.9 Å². The molecule has 1 aromatic heterocycles. The Morgan fingerprint density at radius 2 is 0.919 bits per heavy atom. The Balaban J connectivity index is 1.03. The molecule has 2 aliphatic rings. The van der Waals surface area contributed by atoms with Gasteiger partial charge in [0.15, 0.2) is 0 Å². The highest BCUT2D eigenvalue weighted by Gasteiger charge is 2.38. The van der Waals surface area contributed by atoms with E-state index in [4.69, 9.17) is 0 Å². The van der Waals surface area contributed by atoms with Crippen molar-refractivity contribution >= 4 is 38.9 Å². The van der Waals surface area contributed by atoms with Crippen LogP contribution in [0.4, 0.5) is 17.1 Å². The first-order valence-electron chi connectivity index (χ1n) is 21.9. The minimum atomic E-state index is -0.126. The third kappa shape index (κ3) is 5.29. The lowest BCUT2D eigenvalue weighted by atomic mass is 9.82. The van der Waals surface area contributed by atoms with E-state index in [-0.39, 0.29) is 10.8 Å². The van der Waals surface area contributed by atoms with Crippen molar-refractivity contribution in [1.29, 1.82) is 0 Å². The molecule has 9 aromatic carbocycles. The van der Waals surface area contributed by atoms with Crippen LogP contribution >= 0.6 is 0 Å². The Morgan fingerprint density at radius 1 is 0.355 bits per heavy atom. The second-order valence-corrected chi connectivity index (χ2v) is 18.1. The van der Waals surface area contributed by atoms with E-state index in [0.29, 0.717) is 0 Å². The van der Waals surface area contributed by atoms with Crippen LogP contribution in [0.3, 0.4) is 0 Å². The van der Waals surface area contributed by atoms with Crippen molar-refractivity contribution in [3.8, 4) is 50.2 Å². The van der Waals surface area contributed by atoms with Gasteiger partial charge >= 0.3 is 0 Å². The second kappa shape index (κ2) is 13.5. The molecule has 10 aromatic rings. The predicted molar refractivity (Wildman–Crippen MR) is 261 cm³/mol. The number of aromatic nitrogens is 1. The van der Waals surface area contributed by atoms with Gasteiger partial charge in [-0.05, 0) is 116 Å². The molecule has 0 saturated carbocycles. The summed E-state index contributed by atoms with van der Waals surface area (Å²) in [4.78, 5) is 2.51. The van der Waals surface area contributed by atoms with Crippen LogP contribution in [-0.2, 0) is 10.8 Å². The fourth-order valence-corrected chi connectivity index (χ4v) is 10.9. The van der Waals surface area contributed by atoms with Gasteiger partial charge in [0, 0.05) is 44.1 Å². The summed E-state index contributed by atoms with van der Waals surface area (Å²) in [6, 6.07) is 76.5. The minimum absolute atomic E-state index is 0.0496. The standard InChI is InChI=1S/C60H46N2/c1-59(2)50-23-12-8-20-45(50)48-38-41(31-35-52(48)59)44-19-10-14-26-54(44)62(57-28-16-25-53-58(57)47-22-9-13-24-51(47)60(53,3)4)43-33-29-39(30-34-43)40-32-36-56-49(37-40)46-21-11-15-27-55(46)61(56)42-17-6-5-7-18-42/h5-38H,1-4H3. The molecule has 0 N–H and O–H groups in total. The SMILES string of the molecule is CC1(C)c2ccccc2-c2cc(-c3ccccc3N(c3ccc(-c4ccc5c(c4)c4ccccc4n5-c4ccccc4)cc3)c3cccc4c3-c3ccccc3C4(C)C)ccc21. The van der Waals surface area contributed by atoms with Gasteiger partial charge in [-0.3, -0.25) is 0 Å². The second-order valence-electron chi connectivity index (χ2n) is 18.1. The molecule has 0 bridgehead atoms. The van der Waals surface area contributed by atoms with Crippen LogP contribution in [0.5, 0.6) is 0 Å². The van der Waals surface area contributed by atoms with E-state index in [1.807, 2.05) is 0 Å². The number of rotatable bonds is 6. The van der Waals surface area contributed by atoms with E-state index in [9.17, 15) is 0 Å². The van der Waals surface area contributed by atoms with Gasteiger partial charge in [-0.2, -0.15) is 0 Å². The highest BCUT2D eigenvalue weighted by atomic mass is 15.1. The average Bonchev–Trinajstić information content (AvgIpc) is 3.86. The molecule has 0 unspecified atom stereocenters. The van der Waals surface area contributed by atoms with Gasteiger partial charge in [0.05, 0.1) is 22.4 Å². The molecule has 2 aliphatic carbocycles. The number of fused-ring (bicyclic) bond motifs is 9. The van der Waals surface area contributed by atoms with Gasteiger partial charge in [0.25, 0.3) is 0 Å². The normalized spacial score (nSPS) is 14.1. The highest BCUT2D eigenvalue weighted by molar-refractivity contribution is 6.10. The number of para-hydroxylation sites is 3. The van der Waals surface area contributed by atoms with Crippen LogP contribution < -0.4 is 4.90 Å². The zero-order valence-electron chi connectivity index (χ0n) is 35.5.